The van der Waals surface area contributed by atoms with Crippen molar-refractivity contribution in [3.63, 3.8) is 0 Å². The third-order valence-electron chi connectivity index (χ3n) is 2.61. The highest BCUT2D eigenvalue weighted by Crippen LogP contribution is 2.38. The van der Waals surface area contributed by atoms with Crippen LogP contribution in [-0.2, 0) is 4.74 Å². The monoisotopic (exact) mass is 274 g/mol. The molecule has 0 atom stereocenters. The molecule has 19 heavy (non-hydrogen) atoms. The summed E-state index contributed by atoms with van der Waals surface area (Å²) in [5.74, 6) is -0.528. The average Bonchev–Trinajstić information content (AvgIpc) is 3.00. The van der Waals surface area contributed by atoms with Crippen LogP contribution in [0, 0.1) is 0 Å². The first-order valence-electron chi connectivity index (χ1n) is 5.39. The normalized spacial score (nSPS) is 13.1. The van der Waals surface area contributed by atoms with Crippen molar-refractivity contribution in [3.05, 3.63) is 35.3 Å². The second-order valence-corrected chi connectivity index (χ2v) is 4.56. The first-order valence-corrected chi connectivity index (χ1v) is 6.27. The van der Waals surface area contributed by atoms with Crippen LogP contribution in [0.2, 0.25) is 0 Å². The van der Waals surface area contributed by atoms with Crippen molar-refractivity contribution in [1.29, 1.82) is 0 Å². The Morgan fingerprint density at radius 3 is 2.95 bits per heavy atom. The van der Waals surface area contributed by atoms with Gasteiger partial charge in [0.15, 0.2) is 10.8 Å². The van der Waals surface area contributed by atoms with Crippen molar-refractivity contribution < 1.29 is 14.3 Å². The van der Waals surface area contributed by atoms with Crippen LogP contribution < -0.4 is 10.2 Å². The van der Waals surface area contributed by atoms with Gasteiger partial charge < -0.3 is 4.74 Å². The van der Waals surface area contributed by atoms with E-state index in [4.69, 9.17) is 0 Å². The molecule has 0 aliphatic carbocycles. The molecule has 1 aliphatic heterocycles. The summed E-state index contributed by atoms with van der Waals surface area (Å²) in [7, 11) is 1.28. The summed E-state index contributed by atoms with van der Waals surface area (Å²) in [5, 5.41) is 5.87. The van der Waals surface area contributed by atoms with Crippen LogP contribution in [0.4, 0.5) is 21.3 Å². The van der Waals surface area contributed by atoms with Crippen LogP contribution in [0.25, 0.3) is 0 Å². The molecule has 1 radical (unpaired) electrons. The number of carbonyl (C=O) groups excluding carboxylic acids is 2. The largest absolute Gasteiger partial charge is 0.464 e. The molecule has 0 saturated carbocycles. The number of ether oxygens (including phenoxy) is 1. The van der Waals surface area contributed by atoms with Crippen molar-refractivity contribution in [1.82, 2.24) is 10.3 Å². The summed E-state index contributed by atoms with van der Waals surface area (Å²) in [6.45, 7) is 0. The highest BCUT2D eigenvalue weighted by molar-refractivity contribution is 7.14. The Bertz CT molecular complexity index is 668. The Kier molecular flexibility index (Phi) is 2.68. The van der Waals surface area contributed by atoms with E-state index in [0.29, 0.717) is 16.5 Å². The first-order chi connectivity index (χ1) is 9.20. The van der Waals surface area contributed by atoms with E-state index >= 15 is 0 Å². The number of hydrogen-bond acceptors (Lipinski definition) is 5. The van der Waals surface area contributed by atoms with Gasteiger partial charge in [-0.3, -0.25) is 0 Å². The Morgan fingerprint density at radius 1 is 1.37 bits per heavy atom. The van der Waals surface area contributed by atoms with Crippen molar-refractivity contribution in [2.45, 2.75) is 0 Å². The molecular weight excluding hydrogens is 266 g/mol. The molecule has 1 aliphatic rings. The molecule has 0 saturated heterocycles. The summed E-state index contributed by atoms with van der Waals surface area (Å²) < 4.78 is 4.59. The molecule has 0 N–H and O–H groups in total. The lowest BCUT2D eigenvalue weighted by atomic mass is 10.3. The van der Waals surface area contributed by atoms with Gasteiger partial charge in [0.25, 0.3) is 0 Å². The first kappa shape index (κ1) is 11.7. The topological polar surface area (TPSA) is 73.6 Å². The fourth-order valence-corrected chi connectivity index (χ4v) is 2.55. The second kappa shape index (κ2) is 4.36. The maximum absolute atomic E-state index is 11.9. The van der Waals surface area contributed by atoms with Gasteiger partial charge in [-0.2, -0.15) is 5.32 Å². The number of fused-ring (bicyclic) bond motifs is 1. The predicted molar refractivity (Wildman–Crippen MR) is 69.2 cm³/mol. The number of thiazole rings is 1. The molecule has 1 aromatic carbocycles. The summed E-state index contributed by atoms with van der Waals surface area (Å²) in [5.41, 5.74) is 1.44. The second-order valence-electron chi connectivity index (χ2n) is 3.73. The van der Waals surface area contributed by atoms with Crippen LogP contribution in [0.15, 0.2) is 29.6 Å². The maximum atomic E-state index is 11.9. The van der Waals surface area contributed by atoms with Gasteiger partial charge in [0, 0.05) is 5.38 Å². The third kappa shape index (κ3) is 1.84. The Labute approximate surface area is 112 Å². The number of esters is 1. The molecule has 0 bridgehead atoms. The number of rotatable bonds is 2. The van der Waals surface area contributed by atoms with E-state index in [-0.39, 0.29) is 5.69 Å². The molecular formula is C12H8N3O3S. The number of nitrogens with zero attached hydrogens (tertiary/aromatic N) is 3. The molecule has 2 aromatic rings. The summed E-state index contributed by atoms with van der Waals surface area (Å²) in [4.78, 5) is 28.7. The van der Waals surface area contributed by atoms with Crippen LogP contribution in [-0.4, -0.2) is 24.1 Å². The van der Waals surface area contributed by atoms with Crippen molar-refractivity contribution >= 4 is 39.8 Å². The average molecular weight is 274 g/mol. The Balaban J connectivity index is 2.01. The molecule has 0 spiro atoms. The number of urea groups is 1. The molecule has 6 nitrogen and oxygen atoms in total. The number of hydrogen-bond donors (Lipinski definition) is 0. The smallest absolute Gasteiger partial charge is 0.357 e. The van der Waals surface area contributed by atoms with Gasteiger partial charge in [-0.15, -0.1) is 11.3 Å². The minimum Gasteiger partial charge on any atom is -0.464 e. The van der Waals surface area contributed by atoms with Crippen LogP contribution in [0.3, 0.4) is 0 Å². The van der Waals surface area contributed by atoms with E-state index in [0.717, 1.165) is 0 Å². The van der Waals surface area contributed by atoms with Crippen LogP contribution >= 0.6 is 11.3 Å². The minimum atomic E-state index is -0.528. The fourth-order valence-electron chi connectivity index (χ4n) is 1.75. The lowest BCUT2D eigenvalue weighted by molar-refractivity contribution is 0.0595. The molecule has 2 amide bonds. The van der Waals surface area contributed by atoms with E-state index < -0.39 is 12.0 Å². The minimum absolute atomic E-state index is 0.180. The number of carbonyl (C=O) groups is 2. The molecule has 0 unspecified atom stereocenters. The van der Waals surface area contributed by atoms with Crippen LogP contribution in [0.1, 0.15) is 10.5 Å². The lowest BCUT2D eigenvalue weighted by Crippen LogP contribution is -2.22. The molecule has 3 rings (SSSR count). The zero-order valence-electron chi connectivity index (χ0n) is 9.86. The number of methoxy groups -OCH3 is 1. The molecule has 0 fully saturated rings. The number of aromatic nitrogens is 1. The van der Waals surface area contributed by atoms with Crippen molar-refractivity contribution in [3.8, 4) is 0 Å². The van der Waals surface area contributed by atoms with Gasteiger partial charge in [0.1, 0.15) is 0 Å². The number of benzene rings is 1. The summed E-state index contributed by atoms with van der Waals surface area (Å²) >= 11 is 1.19. The number of amides is 2. The van der Waals surface area contributed by atoms with Gasteiger partial charge in [-0.25, -0.2) is 19.5 Å². The highest BCUT2D eigenvalue weighted by Gasteiger charge is 2.32. The molecule has 7 heteroatoms. The third-order valence-corrected chi connectivity index (χ3v) is 3.43. The highest BCUT2D eigenvalue weighted by atomic mass is 32.1. The molecule has 2 heterocycles. The van der Waals surface area contributed by atoms with Gasteiger partial charge in [-0.05, 0) is 12.1 Å². The van der Waals surface area contributed by atoms with E-state index in [9.17, 15) is 9.59 Å². The summed E-state index contributed by atoms with van der Waals surface area (Å²) in [6, 6.07) is 6.74. The SMILES string of the molecule is COC(=O)c1csc(N2C(=O)[N]c3ccccc32)n1. The maximum Gasteiger partial charge on any atom is 0.357 e. The molecule has 95 valence electrons. The molecule has 1 aromatic heterocycles. The van der Waals surface area contributed by atoms with E-state index in [1.807, 2.05) is 6.07 Å². The zero-order valence-corrected chi connectivity index (χ0v) is 10.7. The Hall–Kier alpha value is -2.41. The number of para-hydroxylation sites is 2. The van der Waals surface area contributed by atoms with Crippen molar-refractivity contribution in [2.75, 3.05) is 12.0 Å². The Morgan fingerprint density at radius 2 is 2.16 bits per heavy atom. The zero-order chi connectivity index (χ0) is 13.4. The summed E-state index contributed by atoms with van der Waals surface area (Å²) in [6.07, 6.45) is 0. The standard InChI is InChI=1S/C12H8N3O3S/c1-18-10(16)8-6-19-12(14-8)15-9-5-3-2-4-7(9)13-11(15)17/h2-6H,1H3. The van der Waals surface area contributed by atoms with Gasteiger partial charge in [-0.1, -0.05) is 12.1 Å². The fraction of sp³-hybridized carbons (Fsp3) is 0.0833. The predicted octanol–water partition coefficient (Wildman–Crippen LogP) is 2.44. The van der Waals surface area contributed by atoms with Crippen LogP contribution in [0.5, 0.6) is 0 Å². The quantitative estimate of drug-likeness (QED) is 0.788. The van der Waals surface area contributed by atoms with E-state index in [2.05, 4.69) is 15.0 Å². The van der Waals surface area contributed by atoms with Gasteiger partial charge in [0.2, 0.25) is 0 Å². The lowest BCUT2D eigenvalue weighted by Gasteiger charge is -2.10. The van der Waals surface area contributed by atoms with E-state index in [1.165, 1.54) is 23.3 Å². The van der Waals surface area contributed by atoms with Crippen molar-refractivity contribution in [2.24, 2.45) is 0 Å². The van der Waals surface area contributed by atoms with E-state index in [1.54, 1.807) is 23.6 Å². The number of anilines is 2. The van der Waals surface area contributed by atoms with Gasteiger partial charge in [0.05, 0.1) is 18.5 Å². The van der Waals surface area contributed by atoms with Gasteiger partial charge >= 0.3 is 12.0 Å².